The Morgan fingerprint density at radius 1 is 0.950 bits per heavy atom. The smallest absolute Gasteiger partial charge is 0.163 e. The summed E-state index contributed by atoms with van der Waals surface area (Å²) in [5.41, 5.74) is 0.687. The molecule has 0 amide bonds. The van der Waals surface area contributed by atoms with Crippen LogP contribution in [0.2, 0.25) is 13.8 Å². The highest BCUT2D eigenvalue weighted by molar-refractivity contribution is 7.20. The second-order valence-corrected chi connectivity index (χ2v) is 6.50. The highest BCUT2D eigenvalue weighted by Crippen LogP contribution is 2.37. The van der Waals surface area contributed by atoms with Gasteiger partial charge in [0.25, 0.3) is 0 Å². The summed E-state index contributed by atoms with van der Waals surface area (Å²) in [6.45, 7) is 0. The summed E-state index contributed by atoms with van der Waals surface area (Å²) in [6.07, 6.45) is 0. The normalized spacial score (nSPS) is 11.2. The van der Waals surface area contributed by atoms with Crippen molar-refractivity contribution in [2.45, 2.75) is 0 Å². The maximum Gasteiger partial charge on any atom is 0.163 e. The zero-order valence-electron chi connectivity index (χ0n) is 9.42. The second-order valence-electron chi connectivity index (χ2n) is 3.86. The lowest BCUT2D eigenvalue weighted by Crippen LogP contribution is -1.94. The van der Waals surface area contributed by atoms with E-state index < -0.39 is 11.6 Å². The molecule has 0 spiro atoms. The molecule has 0 aliphatic carbocycles. The molecule has 0 radical (unpaired) electrons. The van der Waals surface area contributed by atoms with E-state index in [2.05, 4.69) is 9.97 Å². The summed E-state index contributed by atoms with van der Waals surface area (Å²) >= 11 is 19.0. The van der Waals surface area contributed by atoms with Crippen LogP contribution < -0.4 is 0 Å². The van der Waals surface area contributed by atoms with E-state index in [1.165, 1.54) is 0 Å². The Labute approximate surface area is 130 Å². The predicted molar refractivity (Wildman–Crippen MR) is 77.8 cm³/mol. The van der Waals surface area contributed by atoms with Gasteiger partial charge in [-0.3, -0.25) is 0 Å². The first-order valence-corrected chi connectivity index (χ1v) is 7.18. The minimum atomic E-state index is -1.01. The van der Waals surface area contributed by atoms with E-state index in [0.717, 1.165) is 23.5 Å². The van der Waals surface area contributed by atoms with Gasteiger partial charge in [0.05, 0.1) is 15.4 Å². The number of thiophene rings is 1. The van der Waals surface area contributed by atoms with Gasteiger partial charge in [0.1, 0.15) is 9.49 Å². The van der Waals surface area contributed by atoms with Crippen LogP contribution in [0.4, 0.5) is 8.78 Å². The average Bonchev–Trinajstić information content (AvgIpc) is 2.71. The number of rotatable bonds is 1. The molecular formula is C12H3Cl3F2N2S. The number of nitrogens with zero attached hydrogens (tertiary/aromatic N) is 2. The van der Waals surface area contributed by atoms with Crippen LogP contribution in [-0.2, 0) is 0 Å². The molecule has 3 aromatic rings. The Morgan fingerprint density at radius 3 is 2.30 bits per heavy atom. The fourth-order valence-corrected chi connectivity index (χ4v) is 3.39. The number of halogens is 5. The van der Waals surface area contributed by atoms with Crippen LogP contribution in [0.5, 0.6) is 0 Å². The molecule has 2 nitrogen and oxygen atoms in total. The molecule has 0 saturated carbocycles. The van der Waals surface area contributed by atoms with Crippen molar-refractivity contribution in [2.24, 2.45) is 0 Å². The molecule has 0 fully saturated rings. The van der Waals surface area contributed by atoms with E-state index in [9.17, 15) is 8.78 Å². The van der Waals surface area contributed by atoms with Crippen molar-refractivity contribution in [2.75, 3.05) is 0 Å². The molecule has 1 aromatic carbocycles. The summed E-state index contributed by atoms with van der Waals surface area (Å²) in [5.74, 6) is -1.80. The topological polar surface area (TPSA) is 25.8 Å². The van der Waals surface area contributed by atoms with Crippen LogP contribution in [0.1, 0.15) is 0 Å². The van der Waals surface area contributed by atoms with Gasteiger partial charge in [0.15, 0.2) is 17.5 Å². The minimum Gasteiger partial charge on any atom is -0.228 e. The molecule has 0 N–H and O–H groups in total. The van der Waals surface area contributed by atoms with Crippen molar-refractivity contribution >= 4 is 57.0 Å². The summed E-state index contributed by atoms with van der Waals surface area (Å²) in [4.78, 5) is 8.19. The van der Waals surface area contributed by atoms with Gasteiger partial charge in [-0.25, -0.2) is 18.7 Å². The van der Waals surface area contributed by atoms with Crippen molar-refractivity contribution in [1.82, 2.24) is 9.97 Å². The Kier molecular flexibility index (Phi) is 3.54. The lowest BCUT2D eigenvalue weighted by Gasteiger charge is -2.04. The zero-order chi connectivity index (χ0) is 14.4. The third-order valence-corrected chi connectivity index (χ3v) is 4.36. The molecule has 2 aromatic heterocycles. The largest absolute Gasteiger partial charge is 0.228 e. The molecule has 20 heavy (non-hydrogen) atoms. The van der Waals surface area contributed by atoms with Gasteiger partial charge < -0.3 is 0 Å². The molecule has 2 heterocycles. The lowest BCUT2D eigenvalue weighted by atomic mass is 10.2. The Hall–Kier alpha value is -1.01. The van der Waals surface area contributed by atoms with Crippen molar-refractivity contribution in [3.63, 3.8) is 0 Å². The molecule has 8 heteroatoms. The number of aromatic nitrogens is 2. The minimum absolute atomic E-state index is 0.0160. The maximum absolute atomic E-state index is 13.3. The zero-order valence-corrected chi connectivity index (χ0v) is 12.5. The fraction of sp³-hybridized carbons (Fsp3) is 0. The van der Waals surface area contributed by atoms with Gasteiger partial charge in [0, 0.05) is 11.5 Å². The molecule has 0 atom stereocenters. The SMILES string of the molecule is Fc1cc2nc(-c3cc(Cl)sc3Cl)nc(Cl)c2cc1F. The first-order chi connectivity index (χ1) is 9.45. The summed E-state index contributed by atoms with van der Waals surface area (Å²) in [5, 5.41) is 0.244. The average molecular weight is 352 g/mol. The van der Waals surface area contributed by atoms with E-state index in [4.69, 9.17) is 34.8 Å². The second kappa shape index (κ2) is 5.07. The lowest BCUT2D eigenvalue weighted by molar-refractivity contribution is 0.510. The van der Waals surface area contributed by atoms with Crippen LogP contribution in [0.25, 0.3) is 22.3 Å². The molecule has 0 bridgehead atoms. The van der Waals surface area contributed by atoms with E-state index in [1.807, 2.05) is 0 Å². The summed E-state index contributed by atoms with van der Waals surface area (Å²) in [6, 6.07) is 3.51. The van der Waals surface area contributed by atoms with Gasteiger partial charge in [0.2, 0.25) is 0 Å². The van der Waals surface area contributed by atoms with E-state index in [0.29, 0.717) is 14.2 Å². The highest BCUT2D eigenvalue weighted by Gasteiger charge is 2.15. The summed E-state index contributed by atoms with van der Waals surface area (Å²) in [7, 11) is 0. The first-order valence-electron chi connectivity index (χ1n) is 5.23. The fourth-order valence-electron chi connectivity index (χ4n) is 1.70. The number of benzene rings is 1. The van der Waals surface area contributed by atoms with Gasteiger partial charge in [-0.05, 0) is 12.1 Å². The first kappa shape index (κ1) is 13.9. The quantitative estimate of drug-likeness (QED) is 0.534. The molecule has 0 aliphatic rings. The van der Waals surface area contributed by atoms with Gasteiger partial charge in [-0.2, -0.15) is 0 Å². The van der Waals surface area contributed by atoms with Crippen molar-refractivity contribution < 1.29 is 8.78 Å². The molecule has 3 rings (SSSR count). The Morgan fingerprint density at radius 2 is 1.65 bits per heavy atom. The number of hydrogen-bond acceptors (Lipinski definition) is 3. The molecule has 0 saturated heterocycles. The van der Waals surface area contributed by atoms with Crippen LogP contribution in [0, 0.1) is 11.6 Å². The molecule has 0 unspecified atom stereocenters. The maximum atomic E-state index is 13.3. The highest BCUT2D eigenvalue weighted by atomic mass is 35.5. The third-order valence-electron chi connectivity index (χ3n) is 2.59. The number of fused-ring (bicyclic) bond motifs is 1. The van der Waals surface area contributed by atoms with Crippen LogP contribution in [-0.4, -0.2) is 9.97 Å². The van der Waals surface area contributed by atoms with E-state index in [1.54, 1.807) is 6.07 Å². The van der Waals surface area contributed by atoms with E-state index in [-0.39, 0.29) is 21.9 Å². The predicted octanol–water partition coefficient (Wildman–Crippen LogP) is 5.60. The van der Waals surface area contributed by atoms with Crippen LogP contribution in [0.3, 0.4) is 0 Å². The third kappa shape index (κ3) is 2.35. The van der Waals surface area contributed by atoms with Crippen LogP contribution >= 0.6 is 46.1 Å². The Balaban J connectivity index is 2.29. The standard InChI is InChI=1S/C12H3Cl3F2N2S/c13-9-2-5(11(15)20-9)12-18-8-3-7(17)6(16)1-4(8)10(14)19-12/h1-3H. The van der Waals surface area contributed by atoms with E-state index >= 15 is 0 Å². The van der Waals surface area contributed by atoms with Gasteiger partial charge in [-0.1, -0.05) is 34.8 Å². The van der Waals surface area contributed by atoms with Gasteiger partial charge >= 0.3 is 0 Å². The monoisotopic (exact) mass is 350 g/mol. The van der Waals surface area contributed by atoms with Crippen molar-refractivity contribution in [3.8, 4) is 11.4 Å². The molecule has 102 valence electrons. The molecular weight excluding hydrogens is 349 g/mol. The summed E-state index contributed by atoms with van der Waals surface area (Å²) < 4.78 is 27.3. The molecule has 0 aliphatic heterocycles. The van der Waals surface area contributed by atoms with Crippen molar-refractivity contribution in [1.29, 1.82) is 0 Å². The number of hydrogen-bond donors (Lipinski definition) is 0. The Bertz CT molecular complexity index is 835. The van der Waals surface area contributed by atoms with Gasteiger partial charge in [-0.15, -0.1) is 11.3 Å². The van der Waals surface area contributed by atoms with Crippen molar-refractivity contribution in [3.05, 3.63) is 43.7 Å². The van der Waals surface area contributed by atoms with Crippen LogP contribution in [0.15, 0.2) is 18.2 Å².